The van der Waals surface area contributed by atoms with Crippen LogP contribution in [-0.4, -0.2) is 29.6 Å². The zero-order chi connectivity index (χ0) is 13.5. The van der Waals surface area contributed by atoms with Crippen LogP contribution in [0, 0.1) is 5.92 Å². The van der Waals surface area contributed by atoms with Gasteiger partial charge in [0.15, 0.2) is 11.9 Å². The second-order valence-corrected chi connectivity index (χ2v) is 6.64. The maximum Gasteiger partial charge on any atom is 0.174 e. The summed E-state index contributed by atoms with van der Waals surface area (Å²) in [5.41, 5.74) is 2.28. The number of rotatable bonds is 0. The number of ether oxygens (including phenoxy) is 1. The molecule has 1 aromatic carbocycles. The minimum Gasteiger partial charge on any atom is -0.508 e. The molecule has 0 radical (unpaired) electrons. The summed E-state index contributed by atoms with van der Waals surface area (Å²) in [6.07, 6.45) is 3.19. The maximum absolute atomic E-state index is 12.4. The first-order chi connectivity index (χ1) is 9.70. The Morgan fingerprint density at radius 3 is 3.20 bits per heavy atom. The Morgan fingerprint density at radius 1 is 1.40 bits per heavy atom. The highest BCUT2D eigenvalue weighted by molar-refractivity contribution is 5.88. The minimum atomic E-state index is -0.318. The van der Waals surface area contributed by atoms with Crippen LogP contribution in [0.3, 0.4) is 0 Å². The third kappa shape index (κ3) is 1.07. The number of phenolic OH excluding ortho intramolecular Hbond substituents is 1. The van der Waals surface area contributed by atoms with Gasteiger partial charge in [0.1, 0.15) is 11.5 Å². The van der Waals surface area contributed by atoms with E-state index in [1.54, 1.807) is 6.07 Å². The van der Waals surface area contributed by atoms with E-state index in [9.17, 15) is 9.90 Å². The average molecular weight is 271 g/mol. The molecule has 4 aliphatic rings. The van der Waals surface area contributed by atoms with Crippen molar-refractivity contribution in [3.8, 4) is 11.5 Å². The van der Waals surface area contributed by atoms with Crippen molar-refractivity contribution in [2.24, 2.45) is 5.92 Å². The van der Waals surface area contributed by atoms with E-state index in [4.69, 9.17) is 4.74 Å². The van der Waals surface area contributed by atoms with Gasteiger partial charge in [-0.1, -0.05) is 0 Å². The molecule has 2 fully saturated rings. The highest BCUT2D eigenvalue weighted by Gasteiger charge is 2.64. The molecule has 1 saturated carbocycles. The molecule has 2 N–H and O–H groups in total. The first kappa shape index (κ1) is 11.1. The zero-order valence-electron chi connectivity index (χ0n) is 11.2. The van der Waals surface area contributed by atoms with Crippen LogP contribution >= 0.6 is 0 Å². The van der Waals surface area contributed by atoms with Crippen molar-refractivity contribution in [1.82, 2.24) is 5.32 Å². The van der Waals surface area contributed by atoms with Gasteiger partial charge < -0.3 is 15.2 Å². The quantitative estimate of drug-likeness (QED) is 0.746. The Balaban J connectivity index is 1.84. The Morgan fingerprint density at radius 2 is 2.30 bits per heavy atom. The number of ketones is 1. The molecule has 104 valence electrons. The predicted octanol–water partition coefficient (Wildman–Crippen LogP) is 1.29. The van der Waals surface area contributed by atoms with E-state index in [-0.39, 0.29) is 23.1 Å². The fourth-order valence-corrected chi connectivity index (χ4v) is 5.28. The van der Waals surface area contributed by atoms with E-state index in [1.807, 2.05) is 6.07 Å². The molecule has 2 bridgehead atoms. The van der Waals surface area contributed by atoms with E-state index >= 15 is 0 Å². The SMILES string of the molecule is O=C1CCC2C3Cc4cc(O)cc5c4C2(CCN3)[C@H]1O5. The van der Waals surface area contributed by atoms with Gasteiger partial charge in [0.2, 0.25) is 0 Å². The summed E-state index contributed by atoms with van der Waals surface area (Å²) in [6, 6.07) is 3.98. The van der Waals surface area contributed by atoms with Crippen molar-refractivity contribution in [2.45, 2.75) is 43.2 Å². The van der Waals surface area contributed by atoms with Crippen LogP contribution in [0.25, 0.3) is 0 Å². The molecule has 20 heavy (non-hydrogen) atoms. The van der Waals surface area contributed by atoms with Crippen molar-refractivity contribution in [3.63, 3.8) is 0 Å². The third-order valence-corrected chi connectivity index (χ3v) is 5.87. The van der Waals surface area contributed by atoms with Gasteiger partial charge in [-0.15, -0.1) is 0 Å². The van der Waals surface area contributed by atoms with Gasteiger partial charge in [-0.3, -0.25) is 4.79 Å². The molecule has 4 heteroatoms. The fraction of sp³-hybridized carbons (Fsp3) is 0.562. The molecule has 0 amide bonds. The largest absolute Gasteiger partial charge is 0.508 e. The van der Waals surface area contributed by atoms with Crippen molar-refractivity contribution in [2.75, 3.05) is 6.54 Å². The Hall–Kier alpha value is -1.55. The molecular weight excluding hydrogens is 254 g/mol. The molecule has 4 atom stereocenters. The molecule has 5 rings (SSSR count). The second kappa shape index (κ2) is 3.37. The van der Waals surface area contributed by atoms with Crippen LogP contribution in [0.4, 0.5) is 0 Å². The number of Topliss-reactive ketones (excluding diaryl/α,β-unsaturated/α-hetero) is 1. The van der Waals surface area contributed by atoms with Gasteiger partial charge in [-0.2, -0.15) is 0 Å². The summed E-state index contributed by atoms with van der Waals surface area (Å²) in [6.45, 7) is 0.952. The van der Waals surface area contributed by atoms with Gasteiger partial charge in [0.05, 0.1) is 0 Å². The third-order valence-electron chi connectivity index (χ3n) is 5.87. The monoisotopic (exact) mass is 271 g/mol. The van der Waals surface area contributed by atoms with E-state index in [0.29, 0.717) is 18.4 Å². The van der Waals surface area contributed by atoms with Crippen LogP contribution < -0.4 is 10.1 Å². The standard InChI is InChI=1S/C16H17NO3/c18-9-5-8-6-11-10-1-2-12(19)15-16(10,3-4-17-11)14(8)13(7-9)20-15/h5,7,10-11,15,17-18H,1-4,6H2/t10?,11?,15-,16?/m0/s1. The van der Waals surface area contributed by atoms with Crippen LogP contribution in [0.5, 0.6) is 11.5 Å². The van der Waals surface area contributed by atoms with Crippen LogP contribution in [0.2, 0.25) is 0 Å². The number of carbonyl (C=O) groups is 1. The average Bonchev–Trinajstić information content (AvgIpc) is 2.72. The lowest BCUT2D eigenvalue weighted by atomic mass is 9.52. The Kier molecular flexibility index (Phi) is 1.88. The van der Waals surface area contributed by atoms with Gasteiger partial charge in [0, 0.05) is 29.5 Å². The number of nitrogens with one attached hydrogen (secondary N) is 1. The number of phenols is 1. The minimum absolute atomic E-state index is 0.123. The topological polar surface area (TPSA) is 58.6 Å². The molecule has 4 nitrogen and oxygen atoms in total. The number of hydrogen-bond acceptors (Lipinski definition) is 4. The van der Waals surface area contributed by atoms with Crippen molar-refractivity contribution >= 4 is 5.78 Å². The number of benzene rings is 1. The summed E-state index contributed by atoms with van der Waals surface area (Å²) in [5.74, 6) is 1.74. The van der Waals surface area contributed by atoms with Gasteiger partial charge in [-0.05, 0) is 43.4 Å². The lowest BCUT2D eigenvalue weighted by Crippen LogP contribution is -2.65. The summed E-state index contributed by atoms with van der Waals surface area (Å²) in [4.78, 5) is 12.4. The zero-order valence-corrected chi connectivity index (χ0v) is 11.2. The lowest BCUT2D eigenvalue weighted by Gasteiger charge is -2.54. The molecule has 2 aliphatic carbocycles. The van der Waals surface area contributed by atoms with Crippen molar-refractivity contribution < 1.29 is 14.6 Å². The summed E-state index contributed by atoms with van der Waals surface area (Å²) < 4.78 is 6.03. The highest BCUT2D eigenvalue weighted by Crippen LogP contribution is 2.60. The molecular formula is C16H17NO3. The van der Waals surface area contributed by atoms with E-state index in [1.165, 1.54) is 11.1 Å². The first-order valence-corrected chi connectivity index (χ1v) is 7.49. The summed E-state index contributed by atoms with van der Waals surface area (Å²) in [5, 5.41) is 13.5. The molecule has 1 spiro atoms. The number of aromatic hydroxyl groups is 1. The molecule has 2 aliphatic heterocycles. The van der Waals surface area contributed by atoms with Crippen LogP contribution in [-0.2, 0) is 16.6 Å². The van der Waals surface area contributed by atoms with Crippen molar-refractivity contribution in [3.05, 3.63) is 23.3 Å². The van der Waals surface area contributed by atoms with E-state index < -0.39 is 0 Å². The van der Waals surface area contributed by atoms with E-state index in [2.05, 4.69) is 5.32 Å². The highest BCUT2D eigenvalue weighted by atomic mass is 16.5. The van der Waals surface area contributed by atoms with Crippen LogP contribution in [0.15, 0.2) is 12.1 Å². The van der Waals surface area contributed by atoms with Crippen molar-refractivity contribution in [1.29, 1.82) is 0 Å². The molecule has 1 saturated heterocycles. The maximum atomic E-state index is 12.4. The summed E-state index contributed by atoms with van der Waals surface area (Å²) in [7, 11) is 0. The van der Waals surface area contributed by atoms with E-state index in [0.717, 1.165) is 31.6 Å². The first-order valence-electron chi connectivity index (χ1n) is 7.49. The Labute approximate surface area is 117 Å². The second-order valence-electron chi connectivity index (χ2n) is 6.64. The molecule has 0 aromatic heterocycles. The fourth-order valence-electron chi connectivity index (χ4n) is 5.28. The Bertz CT molecular complexity index is 641. The molecule has 2 heterocycles. The summed E-state index contributed by atoms with van der Waals surface area (Å²) >= 11 is 0. The van der Waals surface area contributed by atoms with Gasteiger partial charge in [-0.25, -0.2) is 0 Å². The number of carbonyl (C=O) groups excluding carboxylic acids is 1. The lowest BCUT2D eigenvalue weighted by molar-refractivity contribution is -0.135. The molecule has 1 aromatic rings. The number of hydrogen-bond donors (Lipinski definition) is 2. The predicted molar refractivity (Wildman–Crippen MR) is 72.0 cm³/mol. The van der Waals surface area contributed by atoms with Crippen LogP contribution in [0.1, 0.15) is 30.4 Å². The molecule has 3 unspecified atom stereocenters. The van der Waals surface area contributed by atoms with Gasteiger partial charge in [0.25, 0.3) is 0 Å². The smallest absolute Gasteiger partial charge is 0.174 e. The number of piperidine rings is 1. The van der Waals surface area contributed by atoms with Gasteiger partial charge >= 0.3 is 0 Å². The normalized spacial score (nSPS) is 40.2.